The van der Waals surface area contributed by atoms with E-state index in [1.165, 1.54) is 11.0 Å². The highest BCUT2D eigenvalue weighted by atomic mass is 35.5. The number of amides is 3. The first-order valence-corrected chi connectivity index (χ1v) is 14.5. The van der Waals surface area contributed by atoms with Crippen molar-refractivity contribution < 1.29 is 23.5 Å². The van der Waals surface area contributed by atoms with E-state index in [2.05, 4.69) is 15.6 Å². The van der Waals surface area contributed by atoms with Crippen LogP contribution in [0, 0.1) is 5.82 Å². The maximum Gasteiger partial charge on any atom is 0.412 e. The number of rotatable bonds is 10. The molecule has 0 bridgehead atoms. The molecule has 1 fully saturated rings. The zero-order chi connectivity index (χ0) is 30.2. The van der Waals surface area contributed by atoms with E-state index in [9.17, 15) is 18.8 Å². The van der Waals surface area contributed by atoms with Crippen LogP contribution in [0.25, 0.3) is 10.8 Å². The van der Waals surface area contributed by atoms with Gasteiger partial charge >= 0.3 is 6.09 Å². The molecule has 3 amide bonds. The summed E-state index contributed by atoms with van der Waals surface area (Å²) in [6.45, 7) is 5.16. The first kappa shape index (κ1) is 31.2. The minimum atomic E-state index is -0.716. The van der Waals surface area contributed by atoms with Crippen LogP contribution in [-0.2, 0) is 20.7 Å². The van der Waals surface area contributed by atoms with Crippen LogP contribution in [0.1, 0.15) is 38.7 Å². The summed E-state index contributed by atoms with van der Waals surface area (Å²) in [5.74, 6) is -0.457. The molecule has 1 aliphatic rings. The fourth-order valence-electron chi connectivity index (χ4n) is 5.20. The molecule has 4 rings (SSSR count). The van der Waals surface area contributed by atoms with E-state index in [1.54, 1.807) is 31.4 Å². The van der Waals surface area contributed by atoms with Crippen LogP contribution in [0.3, 0.4) is 0 Å². The van der Waals surface area contributed by atoms with E-state index in [0.29, 0.717) is 30.9 Å². The number of pyridine rings is 1. The van der Waals surface area contributed by atoms with Crippen LogP contribution in [0.4, 0.5) is 15.0 Å². The standard InChI is InChI=1S/C31H37ClFN5O4/c1-20-17-38(18-21(2)35-20)29(40)14-12-25(37(3)28(39)13-11-22-9-6-10-26(33)30(22)32)19-42-31(41)36-27-15-23-7-4-5-8-24(23)16-34-27/h4-10,15-16,20-21,25,35H,11-14,17-19H2,1-3H3,(H,34,36,41)/t20-,21+,25-/m0/s1. The molecule has 42 heavy (non-hydrogen) atoms. The summed E-state index contributed by atoms with van der Waals surface area (Å²) >= 11 is 6.06. The Bertz CT molecular complexity index is 1410. The predicted molar refractivity (Wildman–Crippen MR) is 161 cm³/mol. The topological polar surface area (TPSA) is 104 Å². The molecule has 3 aromatic rings. The van der Waals surface area contributed by atoms with Crippen molar-refractivity contribution in [1.29, 1.82) is 0 Å². The van der Waals surface area contributed by atoms with E-state index in [4.69, 9.17) is 16.3 Å². The van der Waals surface area contributed by atoms with Crippen molar-refractivity contribution in [3.8, 4) is 0 Å². The summed E-state index contributed by atoms with van der Waals surface area (Å²) in [5, 5.41) is 7.90. The number of hydrogen-bond acceptors (Lipinski definition) is 6. The molecule has 0 aliphatic carbocycles. The normalized spacial score (nSPS) is 17.5. The predicted octanol–water partition coefficient (Wildman–Crippen LogP) is 5.02. The number of hydrogen-bond donors (Lipinski definition) is 2. The molecule has 1 saturated heterocycles. The van der Waals surface area contributed by atoms with Crippen molar-refractivity contribution in [2.45, 2.75) is 57.7 Å². The van der Waals surface area contributed by atoms with Crippen molar-refractivity contribution in [2.24, 2.45) is 0 Å². The highest BCUT2D eigenvalue weighted by Gasteiger charge is 2.27. The van der Waals surface area contributed by atoms with Crippen LogP contribution in [-0.4, -0.2) is 77.6 Å². The quantitative estimate of drug-likeness (QED) is 0.340. The number of benzene rings is 2. The molecule has 1 aliphatic heterocycles. The van der Waals surface area contributed by atoms with Crippen LogP contribution in [0.2, 0.25) is 5.02 Å². The fourth-order valence-corrected chi connectivity index (χ4v) is 5.42. The first-order valence-electron chi connectivity index (χ1n) is 14.1. The molecule has 2 heterocycles. The average Bonchev–Trinajstić information content (AvgIpc) is 2.96. The minimum absolute atomic E-state index is 0.00289. The monoisotopic (exact) mass is 597 g/mol. The van der Waals surface area contributed by atoms with Crippen LogP contribution < -0.4 is 10.6 Å². The number of anilines is 1. The molecule has 0 radical (unpaired) electrons. The van der Waals surface area contributed by atoms with Crippen molar-refractivity contribution in [3.05, 3.63) is 71.1 Å². The Morgan fingerprint density at radius 1 is 1.12 bits per heavy atom. The third-order valence-corrected chi connectivity index (χ3v) is 7.87. The number of nitrogens with zero attached hydrogens (tertiary/aromatic N) is 3. The molecule has 1 aromatic heterocycles. The summed E-state index contributed by atoms with van der Waals surface area (Å²) in [7, 11) is 1.62. The Labute approximate surface area is 250 Å². The SMILES string of the molecule is C[C@@H]1CN(C(=O)CC[C@@H](COC(=O)Nc2cc3ccccc3cn2)N(C)C(=O)CCc2cccc(F)c2Cl)C[C@H](C)N1. The van der Waals surface area contributed by atoms with Gasteiger partial charge in [-0.3, -0.25) is 14.9 Å². The van der Waals surface area contributed by atoms with Gasteiger partial charge in [0.1, 0.15) is 18.2 Å². The summed E-state index contributed by atoms with van der Waals surface area (Å²) in [6, 6.07) is 13.7. The van der Waals surface area contributed by atoms with Gasteiger partial charge in [0.2, 0.25) is 11.8 Å². The number of likely N-dealkylation sites (N-methyl/N-ethyl adjacent to an activating group) is 1. The molecule has 11 heteroatoms. The van der Waals surface area contributed by atoms with Gasteiger partial charge in [-0.25, -0.2) is 14.2 Å². The summed E-state index contributed by atoms with van der Waals surface area (Å²) in [5.41, 5.74) is 0.533. The molecule has 9 nitrogen and oxygen atoms in total. The maximum atomic E-state index is 13.9. The van der Waals surface area contributed by atoms with Gasteiger partial charge in [-0.15, -0.1) is 0 Å². The van der Waals surface area contributed by atoms with Gasteiger partial charge < -0.3 is 19.9 Å². The van der Waals surface area contributed by atoms with Crippen molar-refractivity contribution >= 4 is 46.1 Å². The molecule has 0 saturated carbocycles. The summed E-state index contributed by atoms with van der Waals surface area (Å²) < 4.78 is 19.4. The molecule has 3 atom stereocenters. The second-order valence-electron chi connectivity index (χ2n) is 10.8. The number of ether oxygens (including phenoxy) is 1. The highest BCUT2D eigenvalue weighted by molar-refractivity contribution is 6.31. The lowest BCUT2D eigenvalue weighted by Gasteiger charge is -2.36. The Morgan fingerprint density at radius 3 is 2.57 bits per heavy atom. The lowest BCUT2D eigenvalue weighted by molar-refractivity contribution is -0.136. The van der Waals surface area contributed by atoms with Gasteiger partial charge in [0.15, 0.2) is 0 Å². The third-order valence-electron chi connectivity index (χ3n) is 7.45. The number of fused-ring (bicyclic) bond motifs is 1. The molecular weight excluding hydrogens is 561 g/mol. The highest BCUT2D eigenvalue weighted by Crippen LogP contribution is 2.22. The molecule has 2 aromatic carbocycles. The lowest BCUT2D eigenvalue weighted by Crippen LogP contribution is -2.56. The zero-order valence-electron chi connectivity index (χ0n) is 24.1. The number of piperazine rings is 1. The van der Waals surface area contributed by atoms with Gasteiger partial charge in [0, 0.05) is 56.6 Å². The van der Waals surface area contributed by atoms with Crippen LogP contribution in [0.5, 0.6) is 0 Å². The van der Waals surface area contributed by atoms with E-state index >= 15 is 0 Å². The van der Waals surface area contributed by atoms with Gasteiger partial charge in [0.25, 0.3) is 0 Å². The number of aromatic nitrogens is 1. The smallest absolute Gasteiger partial charge is 0.412 e. The second-order valence-corrected chi connectivity index (χ2v) is 11.2. The van der Waals surface area contributed by atoms with E-state index in [0.717, 1.165) is 10.8 Å². The minimum Gasteiger partial charge on any atom is -0.447 e. The first-order chi connectivity index (χ1) is 20.1. The average molecular weight is 598 g/mol. The number of nitrogens with one attached hydrogen (secondary N) is 2. The second kappa shape index (κ2) is 14.4. The Kier molecular flexibility index (Phi) is 10.7. The van der Waals surface area contributed by atoms with E-state index in [-0.39, 0.29) is 54.8 Å². The van der Waals surface area contributed by atoms with Crippen LogP contribution in [0.15, 0.2) is 54.7 Å². The van der Waals surface area contributed by atoms with Gasteiger partial charge in [-0.1, -0.05) is 48.0 Å². The zero-order valence-corrected chi connectivity index (χ0v) is 24.9. The number of aryl methyl sites for hydroxylation is 1. The van der Waals surface area contributed by atoms with Gasteiger partial charge in [-0.2, -0.15) is 0 Å². The van der Waals surface area contributed by atoms with Gasteiger partial charge in [-0.05, 0) is 49.8 Å². The molecule has 0 unspecified atom stereocenters. The van der Waals surface area contributed by atoms with Crippen molar-refractivity contribution in [2.75, 3.05) is 32.1 Å². The van der Waals surface area contributed by atoms with Crippen LogP contribution >= 0.6 is 11.6 Å². The molecular formula is C31H37ClFN5O4. The molecule has 0 spiro atoms. The number of carbonyl (C=O) groups is 3. The van der Waals surface area contributed by atoms with E-state index < -0.39 is 18.0 Å². The summed E-state index contributed by atoms with van der Waals surface area (Å²) in [6.07, 6.45) is 1.76. The van der Waals surface area contributed by atoms with Crippen molar-refractivity contribution in [1.82, 2.24) is 20.1 Å². The Balaban J connectivity index is 1.39. The summed E-state index contributed by atoms with van der Waals surface area (Å²) in [4.78, 5) is 46.5. The number of carbonyl (C=O) groups excluding carboxylic acids is 3. The Hall–Kier alpha value is -3.76. The van der Waals surface area contributed by atoms with Gasteiger partial charge in [0.05, 0.1) is 11.1 Å². The third kappa shape index (κ3) is 8.39. The van der Waals surface area contributed by atoms with Crippen molar-refractivity contribution in [3.63, 3.8) is 0 Å². The van der Waals surface area contributed by atoms with E-state index in [1.807, 2.05) is 43.0 Å². The lowest BCUT2D eigenvalue weighted by atomic mass is 10.1. The molecule has 224 valence electrons. The largest absolute Gasteiger partial charge is 0.447 e. The Morgan fingerprint density at radius 2 is 1.83 bits per heavy atom. The fraction of sp³-hybridized carbons (Fsp3) is 0.419. The molecule has 2 N–H and O–H groups in total. The maximum absolute atomic E-state index is 13.9. The number of halogens is 2.